The van der Waals surface area contributed by atoms with E-state index in [1.807, 2.05) is 0 Å². The maximum absolute atomic E-state index is 4.59. The smallest absolute Gasteiger partial charge is 0.0561 e. The van der Waals surface area contributed by atoms with Crippen LogP contribution in [0.2, 0.25) is 0 Å². The molecule has 11 heavy (non-hydrogen) atoms. The van der Waals surface area contributed by atoms with Crippen LogP contribution in [0.4, 0.5) is 0 Å². The van der Waals surface area contributed by atoms with Gasteiger partial charge >= 0.3 is 0 Å². The largest absolute Gasteiger partial charge is 0.288 e. The first-order chi connectivity index (χ1) is 5.20. The van der Waals surface area contributed by atoms with E-state index in [0.29, 0.717) is 11.4 Å². The summed E-state index contributed by atoms with van der Waals surface area (Å²) in [7, 11) is 2.17. The topological polar surface area (TPSA) is 3.24 Å². The van der Waals surface area contributed by atoms with E-state index in [1.54, 1.807) is 0 Å². The lowest BCUT2D eigenvalue weighted by atomic mass is 9.77. The Morgan fingerprint density at radius 3 is 2.73 bits per heavy atom. The quantitative estimate of drug-likeness (QED) is 0.428. The Balaban J connectivity index is 2.23. The van der Waals surface area contributed by atoms with Gasteiger partial charge in [-0.15, -0.1) is 0 Å². The average Bonchev–Trinajstić information content (AvgIpc) is 1.99. The normalized spacial score (nSPS) is 44.9. The van der Waals surface area contributed by atoms with E-state index in [0.717, 1.165) is 5.92 Å². The van der Waals surface area contributed by atoms with E-state index >= 15 is 0 Å². The zero-order chi connectivity index (χ0) is 8.01. The lowest BCUT2D eigenvalue weighted by Gasteiger charge is -2.49. The van der Waals surface area contributed by atoms with E-state index in [4.69, 9.17) is 0 Å². The molecule has 0 aromatic heterocycles. The highest BCUT2D eigenvalue weighted by Crippen LogP contribution is 2.42. The van der Waals surface area contributed by atoms with Crippen molar-refractivity contribution < 1.29 is 0 Å². The standard InChI is InChI=1S/C9H15NS/c1-6-5-7-3-4-8(6)10(2)9(7)11/h7-9,11H,1,3-5H2,2H3. The molecule has 3 rings (SSSR count). The molecule has 1 saturated carbocycles. The molecule has 3 aliphatic rings. The van der Waals surface area contributed by atoms with Crippen LogP contribution in [-0.2, 0) is 0 Å². The molecule has 3 fully saturated rings. The van der Waals surface area contributed by atoms with Crippen LogP contribution in [0.3, 0.4) is 0 Å². The first-order valence-electron chi connectivity index (χ1n) is 4.28. The summed E-state index contributed by atoms with van der Waals surface area (Å²) in [6.07, 6.45) is 3.86. The van der Waals surface area contributed by atoms with Crippen LogP contribution >= 0.6 is 12.6 Å². The maximum Gasteiger partial charge on any atom is 0.0561 e. The number of rotatable bonds is 0. The predicted molar refractivity (Wildman–Crippen MR) is 50.8 cm³/mol. The lowest BCUT2D eigenvalue weighted by molar-refractivity contribution is 0.0983. The van der Waals surface area contributed by atoms with Crippen LogP contribution < -0.4 is 0 Å². The minimum absolute atomic E-state index is 0.485. The number of likely N-dealkylation sites (N-methyl/N-ethyl adjacent to an activating group) is 1. The molecular formula is C9H15NS. The molecule has 2 aliphatic heterocycles. The van der Waals surface area contributed by atoms with Crippen molar-refractivity contribution in [2.45, 2.75) is 30.7 Å². The first-order valence-corrected chi connectivity index (χ1v) is 4.79. The van der Waals surface area contributed by atoms with Crippen molar-refractivity contribution in [3.63, 3.8) is 0 Å². The second-order valence-corrected chi connectivity index (χ2v) is 4.32. The minimum Gasteiger partial charge on any atom is -0.288 e. The monoisotopic (exact) mass is 169 g/mol. The number of hydrogen-bond donors (Lipinski definition) is 1. The van der Waals surface area contributed by atoms with Crippen LogP contribution in [0.15, 0.2) is 12.2 Å². The van der Waals surface area contributed by atoms with Gasteiger partial charge in [-0.1, -0.05) is 12.2 Å². The first kappa shape index (κ1) is 7.69. The summed E-state index contributed by atoms with van der Waals surface area (Å²) in [5.41, 5.74) is 1.43. The molecule has 1 aliphatic carbocycles. The Labute approximate surface area is 73.9 Å². The van der Waals surface area contributed by atoms with Gasteiger partial charge in [0.05, 0.1) is 5.37 Å². The summed E-state index contributed by atoms with van der Waals surface area (Å²) < 4.78 is 0. The fraction of sp³-hybridized carbons (Fsp3) is 0.778. The third-order valence-corrected chi connectivity index (χ3v) is 3.92. The lowest BCUT2D eigenvalue weighted by Crippen LogP contribution is -2.51. The van der Waals surface area contributed by atoms with Gasteiger partial charge in [-0.25, -0.2) is 0 Å². The number of nitrogens with zero attached hydrogens (tertiary/aromatic N) is 1. The van der Waals surface area contributed by atoms with Gasteiger partial charge in [0.2, 0.25) is 0 Å². The van der Waals surface area contributed by atoms with Crippen molar-refractivity contribution in [3.8, 4) is 0 Å². The van der Waals surface area contributed by atoms with E-state index in [2.05, 4.69) is 31.2 Å². The van der Waals surface area contributed by atoms with E-state index in [1.165, 1.54) is 24.8 Å². The molecule has 1 nitrogen and oxygen atoms in total. The summed E-state index contributed by atoms with van der Waals surface area (Å²) in [4.78, 5) is 2.36. The van der Waals surface area contributed by atoms with Crippen LogP contribution in [0.1, 0.15) is 19.3 Å². The van der Waals surface area contributed by atoms with E-state index in [9.17, 15) is 0 Å². The summed E-state index contributed by atoms with van der Waals surface area (Å²) >= 11 is 4.59. The van der Waals surface area contributed by atoms with Gasteiger partial charge in [-0.3, -0.25) is 4.90 Å². The highest BCUT2D eigenvalue weighted by atomic mass is 32.1. The zero-order valence-electron chi connectivity index (χ0n) is 6.95. The van der Waals surface area contributed by atoms with Gasteiger partial charge in [-0.05, 0) is 32.2 Å². The Bertz CT molecular complexity index is 188. The van der Waals surface area contributed by atoms with Gasteiger partial charge in [0.1, 0.15) is 0 Å². The van der Waals surface area contributed by atoms with Crippen LogP contribution in [0.5, 0.6) is 0 Å². The molecule has 0 spiro atoms. The van der Waals surface area contributed by atoms with Crippen LogP contribution in [0.25, 0.3) is 0 Å². The molecule has 2 saturated heterocycles. The highest BCUT2D eigenvalue weighted by molar-refractivity contribution is 7.80. The molecule has 2 bridgehead atoms. The molecule has 0 aromatic rings. The number of piperidine rings is 2. The Hall–Kier alpha value is 0.0500. The summed E-state index contributed by atoms with van der Waals surface area (Å²) in [6.45, 7) is 4.11. The second-order valence-electron chi connectivity index (χ2n) is 3.79. The predicted octanol–water partition coefficient (Wildman–Crippen LogP) is 1.91. The van der Waals surface area contributed by atoms with Gasteiger partial charge < -0.3 is 0 Å². The van der Waals surface area contributed by atoms with Crippen molar-refractivity contribution in [1.29, 1.82) is 0 Å². The van der Waals surface area contributed by atoms with Crippen molar-refractivity contribution in [3.05, 3.63) is 12.2 Å². The van der Waals surface area contributed by atoms with Gasteiger partial charge in [0, 0.05) is 6.04 Å². The van der Waals surface area contributed by atoms with Crippen molar-refractivity contribution in [2.24, 2.45) is 5.92 Å². The molecule has 3 unspecified atom stereocenters. The molecule has 62 valence electrons. The minimum atomic E-state index is 0.485. The maximum atomic E-state index is 4.59. The van der Waals surface area contributed by atoms with E-state index < -0.39 is 0 Å². The SMILES string of the molecule is C=C1CC2CCC1N(C)C2S. The Kier molecular flexibility index (Phi) is 1.77. The third kappa shape index (κ3) is 1.04. The summed E-state index contributed by atoms with van der Waals surface area (Å²) in [5, 5.41) is 0.485. The number of fused-ring (bicyclic) bond motifs is 3. The van der Waals surface area contributed by atoms with Crippen LogP contribution in [-0.4, -0.2) is 23.4 Å². The fourth-order valence-electron chi connectivity index (χ4n) is 2.41. The molecule has 0 N–H and O–H groups in total. The Morgan fingerprint density at radius 2 is 2.27 bits per heavy atom. The second kappa shape index (κ2) is 2.53. The highest BCUT2D eigenvalue weighted by Gasteiger charge is 2.39. The van der Waals surface area contributed by atoms with E-state index in [-0.39, 0.29) is 0 Å². The van der Waals surface area contributed by atoms with Crippen LogP contribution in [0, 0.1) is 5.92 Å². The van der Waals surface area contributed by atoms with Crippen molar-refractivity contribution in [2.75, 3.05) is 7.05 Å². The molecule has 2 heteroatoms. The average molecular weight is 169 g/mol. The summed E-state index contributed by atoms with van der Waals surface area (Å²) in [6, 6.07) is 0.627. The summed E-state index contributed by atoms with van der Waals surface area (Å²) in [5.74, 6) is 0.765. The molecule has 0 radical (unpaired) electrons. The molecule has 0 amide bonds. The molecular weight excluding hydrogens is 154 g/mol. The third-order valence-electron chi connectivity index (χ3n) is 3.14. The fourth-order valence-corrected chi connectivity index (χ4v) is 2.83. The van der Waals surface area contributed by atoms with Gasteiger partial charge in [0.25, 0.3) is 0 Å². The van der Waals surface area contributed by atoms with Gasteiger partial charge in [0.15, 0.2) is 0 Å². The zero-order valence-corrected chi connectivity index (χ0v) is 7.85. The molecule has 3 atom stereocenters. The molecule has 2 heterocycles. The number of hydrogen-bond acceptors (Lipinski definition) is 2. The van der Waals surface area contributed by atoms with Gasteiger partial charge in [-0.2, -0.15) is 12.6 Å². The molecule has 0 aromatic carbocycles. The van der Waals surface area contributed by atoms with Crippen molar-refractivity contribution in [1.82, 2.24) is 4.90 Å². The number of thiol groups is 1. The Morgan fingerprint density at radius 1 is 1.55 bits per heavy atom. The van der Waals surface area contributed by atoms with Crippen molar-refractivity contribution >= 4 is 12.6 Å².